The maximum Gasteiger partial charge on any atom is 0.107 e. The number of hydrogen-bond acceptors (Lipinski definition) is 2. The third-order valence-corrected chi connectivity index (χ3v) is 2.40. The lowest BCUT2D eigenvalue weighted by molar-refractivity contribution is 0.241. The Hall–Kier alpha value is 0.140. The molecule has 0 radical (unpaired) electrons. The second-order valence-electron chi connectivity index (χ2n) is 3.46. The Morgan fingerprint density at radius 2 is 2.33 bits per heavy atom. The molecule has 1 N–H and O–H groups in total. The van der Waals surface area contributed by atoms with Crippen molar-refractivity contribution in [2.75, 3.05) is 6.61 Å². The summed E-state index contributed by atoms with van der Waals surface area (Å²) in [5.74, 6) is 0.582. The molecule has 0 aliphatic carbocycles. The van der Waals surface area contributed by atoms with Crippen molar-refractivity contribution in [3.8, 4) is 0 Å². The topological polar surface area (TPSA) is 32.8 Å². The van der Waals surface area contributed by atoms with Gasteiger partial charge in [0.25, 0.3) is 0 Å². The Kier molecular flexibility index (Phi) is 3.75. The van der Waals surface area contributed by atoms with Gasteiger partial charge in [-0.2, -0.15) is 0 Å². The van der Waals surface area contributed by atoms with E-state index in [2.05, 4.69) is 29.4 Å². The number of aliphatic hydroxyl groups is 1. The van der Waals surface area contributed by atoms with Gasteiger partial charge in [0.05, 0.1) is 12.7 Å². The van der Waals surface area contributed by atoms with E-state index in [0.29, 0.717) is 5.92 Å². The van der Waals surface area contributed by atoms with Crippen molar-refractivity contribution in [3.63, 3.8) is 0 Å². The number of aliphatic hydroxyl groups excluding tert-OH is 1. The molecule has 0 aromatic carbocycles. The third kappa shape index (κ3) is 3.25. The number of epoxide rings is 1. The molecule has 2 nitrogen and oxygen atoms in total. The monoisotopic (exact) mass is 234 g/mol. The molecular weight excluding hydrogens is 220 g/mol. The molecule has 1 heterocycles. The van der Waals surface area contributed by atoms with Gasteiger partial charge in [-0.1, -0.05) is 29.4 Å². The Balaban J connectivity index is 2.11. The summed E-state index contributed by atoms with van der Waals surface area (Å²) in [4.78, 5) is 0. The van der Waals surface area contributed by atoms with Crippen molar-refractivity contribution in [1.82, 2.24) is 0 Å². The summed E-state index contributed by atoms with van der Waals surface area (Å²) >= 11 is 3.33. The second kappa shape index (κ2) is 4.40. The zero-order chi connectivity index (χ0) is 9.14. The maximum atomic E-state index is 8.72. The van der Waals surface area contributed by atoms with Gasteiger partial charge in [-0.25, -0.2) is 0 Å². The summed E-state index contributed by atoms with van der Waals surface area (Å²) < 4.78 is 6.26. The molecule has 1 rings (SSSR count). The van der Waals surface area contributed by atoms with E-state index in [1.165, 1.54) is 0 Å². The van der Waals surface area contributed by atoms with Crippen LogP contribution < -0.4 is 0 Å². The standard InChI is InChI=1S/C9H15BrO2/c1-6(3-7(2)10)4-8-9(5-11)12-8/h6,8-9,11H,2-5H2,1H3/t6-,8+,9+/m1/s1. The molecule has 0 amide bonds. The number of rotatable bonds is 5. The van der Waals surface area contributed by atoms with E-state index in [1.807, 2.05) is 0 Å². The molecule has 1 saturated heterocycles. The minimum atomic E-state index is 0.107. The number of ether oxygens (including phenoxy) is 1. The summed E-state index contributed by atoms with van der Waals surface area (Å²) in [6, 6.07) is 0. The van der Waals surface area contributed by atoms with Gasteiger partial charge in [-0.05, 0) is 23.2 Å². The highest BCUT2D eigenvalue weighted by molar-refractivity contribution is 9.11. The van der Waals surface area contributed by atoms with Crippen LogP contribution in [0.2, 0.25) is 0 Å². The van der Waals surface area contributed by atoms with Crippen LogP contribution in [-0.4, -0.2) is 23.9 Å². The van der Waals surface area contributed by atoms with Crippen molar-refractivity contribution in [2.24, 2.45) is 5.92 Å². The predicted octanol–water partition coefficient (Wildman–Crippen LogP) is 2.07. The Labute approximate surface area is 81.7 Å². The fourth-order valence-electron chi connectivity index (χ4n) is 1.41. The molecule has 0 bridgehead atoms. The molecule has 0 aromatic heterocycles. The van der Waals surface area contributed by atoms with Crippen molar-refractivity contribution in [3.05, 3.63) is 11.1 Å². The molecule has 3 atom stereocenters. The molecule has 0 unspecified atom stereocenters. The first-order valence-electron chi connectivity index (χ1n) is 4.23. The van der Waals surface area contributed by atoms with Crippen molar-refractivity contribution in [2.45, 2.75) is 32.0 Å². The van der Waals surface area contributed by atoms with Gasteiger partial charge in [0.2, 0.25) is 0 Å². The van der Waals surface area contributed by atoms with Crippen molar-refractivity contribution in [1.29, 1.82) is 0 Å². The second-order valence-corrected chi connectivity index (χ2v) is 4.58. The van der Waals surface area contributed by atoms with Gasteiger partial charge >= 0.3 is 0 Å². The van der Waals surface area contributed by atoms with Gasteiger partial charge in [-0.15, -0.1) is 0 Å². The van der Waals surface area contributed by atoms with E-state index < -0.39 is 0 Å². The van der Waals surface area contributed by atoms with Crippen LogP contribution in [0.25, 0.3) is 0 Å². The number of halogens is 1. The molecule has 1 aliphatic rings. The summed E-state index contributed by atoms with van der Waals surface area (Å²) in [6.07, 6.45) is 2.40. The number of hydrogen-bond donors (Lipinski definition) is 1. The third-order valence-electron chi connectivity index (χ3n) is 2.07. The first kappa shape index (κ1) is 10.2. The highest BCUT2D eigenvalue weighted by Crippen LogP contribution is 2.30. The molecule has 70 valence electrons. The fourth-order valence-corrected chi connectivity index (χ4v) is 1.96. The van der Waals surface area contributed by atoms with Gasteiger partial charge in [0.15, 0.2) is 0 Å². The van der Waals surface area contributed by atoms with E-state index in [4.69, 9.17) is 9.84 Å². The average molecular weight is 235 g/mol. The average Bonchev–Trinajstić information content (AvgIpc) is 2.65. The van der Waals surface area contributed by atoms with Crippen molar-refractivity contribution >= 4 is 15.9 Å². The largest absolute Gasteiger partial charge is 0.394 e. The molecular formula is C9H15BrO2. The molecule has 0 aromatic rings. The highest BCUT2D eigenvalue weighted by atomic mass is 79.9. The molecule has 0 saturated carbocycles. The van der Waals surface area contributed by atoms with Crippen LogP contribution in [-0.2, 0) is 4.74 Å². The first-order valence-corrected chi connectivity index (χ1v) is 5.02. The zero-order valence-electron chi connectivity index (χ0n) is 7.29. The summed E-state index contributed by atoms with van der Waals surface area (Å²) in [5, 5.41) is 8.72. The van der Waals surface area contributed by atoms with Gasteiger partial charge in [-0.3, -0.25) is 0 Å². The quantitative estimate of drug-likeness (QED) is 0.740. The SMILES string of the molecule is C=C(Br)C[C@@H](C)C[C@@H]1O[C@H]1CO. The maximum absolute atomic E-state index is 8.72. The van der Waals surface area contributed by atoms with Crippen LogP contribution >= 0.6 is 15.9 Å². The lowest BCUT2D eigenvalue weighted by Gasteiger charge is -2.07. The molecule has 0 spiro atoms. The molecule has 1 aliphatic heterocycles. The molecule has 1 fully saturated rings. The Morgan fingerprint density at radius 3 is 2.75 bits per heavy atom. The van der Waals surface area contributed by atoms with Crippen LogP contribution in [0, 0.1) is 5.92 Å². The number of allylic oxidation sites excluding steroid dienone is 1. The minimum absolute atomic E-state index is 0.107. The molecule has 12 heavy (non-hydrogen) atoms. The van der Waals surface area contributed by atoms with E-state index in [1.54, 1.807) is 0 Å². The van der Waals surface area contributed by atoms with Crippen molar-refractivity contribution < 1.29 is 9.84 Å². The Bertz CT molecular complexity index is 170. The van der Waals surface area contributed by atoms with Gasteiger partial charge in [0.1, 0.15) is 6.10 Å². The predicted molar refractivity (Wildman–Crippen MR) is 52.2 cm³/mol. The van der Waals surface area contributed by atoms with E-state index >= 15 is 0 Å². The minimum Gasteiger partial charge on any atom is -0.394 e. The van der Waals surface area contributed by atoms with Crippen LogP contribution in [0.1, 0.15) is 19.8 Å². The fraction of sp³-hybridized carbons (Fsp3) is 0.778. The highest BCUT2D eigenvalue weighted by Gasteiger charge is 2.38. The molecule has 3 heteroatoms. The first-order chi connectivity index (χ1) is 5.63. The lowest BCUT2D eigenvalue weighted by Crippen LogP contribution is -2.04. The normalized spacial score (nSPS) is 29.9. The van der Waals surface area contributed by atoms with Crippen LogP contribution in [0.4, 0.5) is 0 Å². The summed E-state index contributed by atoms with van der Waals surface area (Å²) in [7, 11) is 0. The summed E-state index contributed by atoms with van der Waals surface area (Å²) in [5.41, 5.74) is 0. The van der Waals surface area contributed by atoms with Crippen LogP contribution in [0.3, 0.4) is 0 Å². The van der Waals surface area contributed by atoms with E-state index in [0.717, 1.165) is 17.3 Å². The zero-order valence-corrected chi connectivity index (χ0v) is 8.88. The summed E-state index contributed by atoms with van der Waals surface area (Å²) in [6.45, 7) is 6.12. The van der Waals surface area contributed by atoms with E-state index in [9.17, 15) is 0 Å². The Morgan fingerprint density at radius 1 is 1.67 bits per heavy atom. The lowest BCUT2D eigenvalue weighted by atomic mass is 10.0. The van der Waals surface area contributed by atoms with Gasteiger partial charge in [0, 0.05) is 0 Å². The van der Waals surface area contributed by atoms with Gasteiger partial charge < -0.3 is 9.84 Å². The van der Waals surface area contributed by atoms with Crippen LogP contribution in [0.5, 0.6) is 0 Å². The van der Waals surface area contributed by atoms with Crippen LogP contribution in [0.15, 0.2) is 11.1 Å². The van der Waals surface area contributed by atoms with E-state index in [-0.39, 0.29) is 18.8 Å². The smallest absolute Gasteiger partial charge is 0.107 e.